The fourth-order valence-electron chi connectivity index (χ4n) is 3.84. The Morgan fingerprint density at radius 1 is 0.950 bits per heavy atom. The van der Waals surface area contributed by atoms with Crippen LogP contribution in [0.25, 0.3) is 0 Å². The number of fused-ring (bicyclic) bond motifs is 3. The summed E-state index contributed by atoms with van der Waals surface area (Å²) in [5, 5.41) is 0. The second-order valence-electron chi connectivity index (χ2n) is 6.08. The molecule has 1 N–H and O–H groups in total. The zero-order chi connectivity index (χ0) is 13.5. The molecule has 102 valence electrons. The molecular weight excluding hydrogens is 246 g/mol. The van der Waals surface area contributed by atoms with Crippen molar-refractivity contribution in [3.8, 4) is 0 Å². The van der Waals surface area contributed by atoms with Gasteiger partial charge >= 0.3 is 0 Å². The lowest BCUT2D eigenvalue weighted by molar-refractivity contribution is 0.0963. The van der Waals surface area contributed by atoms with Crippen LogP contribution in [0.5, 0.6) is 0 Å². The van der Waals surface area contributed by atoms with E-state index in [1.54, 1.807) is 0 Å². The second kappa shape index (κ2) is 4.62. The Morgan fingerprint density at radius 3 is 2.60 bits per heavy atom. The van der Waals surface area contributed by atoms with Crippen LogP contribution in [-0.2, 0) is 19.3 Å². The lowest BCUT2D eigenvalue weighted by Crippen LogP contribution is -2.19. The molecule has 0 aliphatic heterocycles. The van der Waals surface area contributed by atoms with E-state index in [0.717, 1.165) is 24.8 Å². The molecular formula is C18H19NO. The van der Waals surface area contributed by atoms with Gasteiger partial charge in [0.05, 0.1) is 0 Å². The number of benzene rings is 1. The molecule has 1 atom stereocenters. The third-order valence-electron chi connectivity index (χ3n) is 4.81. The van der Waals surface area contributed by atoms with Crippen molar-refractivity contribution in [2.45, 2.75) is 44.4 Å². The van der Waals surface area contributed by atoms with Crippen LogP contribution in [-0.4, -0.2) is 10.8 Å². The first-order chi connectivity index (χ1) is 9.83. The molecule has 2 nitrogen and oxygen atoms in total. The normalized spacial score (nSPS) is 21.4. The van der Waals surface area contributed by atoms with Gasteiger partial charge in [0.25, 0.3) is 0 Å². The maximum atomic E-state index is 12.6. The highest BCUT2D eigenvalue weighted by atomic mass is 16.1. The molecule has 0 saturated heterocycles. The molecule has 1 unspecified atom stereocenters. The van der Waals surface area contributed by atoms with Crippen molar-refractivity contribution < 1.29 is 4.79 Å². The van der Waals surface area contributed by atoms with Gasteiger partial charge in [-0.3, -0.25) is 4.79 Å². The minimum atomic E-state index is 0.344. The van der Waals surface area contributed by atoms with Gasteiger partial charge in [-0.2, -0.15) is 0 Å². The molecule has 0 fully saturated rings. The average Bonchev–Trinajstić information content (AvgIpc) is 2.87. The lowest BCUT2D eigenvalue weighted by atomic mass is 9.80. The minimum absolute atomic E-state index is 0.344. The van der Waals surface area contributed by atoms with Crippen LogP contribution in [0.4, 0.5) is 0 Å². The topological polar surface area (TPSA) is 32.9 Å². The largest absolute Gasteiger partial charge is 0.361 e. The number of ketones is 1. The number of nitrogens with one attached hydrogen (secondary N) is 1. The van der Waals surface area contributed by atoms with Crippen molar-refractivity contribution in [3.63, 3.8) is 0 Å². The molecule has 4 rings (SSSR count). The summed E-state index contributed by atoms with van der Waals surface area (Å²) in [6.45, 7) is 0. The Labute approximate surface area is 119 Å². The molecule has 0 amide bonds. The van der Waals surface area contributed by atoms with Gasteiger partial charge in [-0.15, -0.1) is 0 Å². The van der Waals surface area contributed by atoms with Gasteiger partial charge in [0.15, 0.2) is 5.78 Å². The van der Waals surface area contributed by atoms with E-state index in [4.69, 9.17) is 0 Å². The van der Waals surface area contributed by atoms with Gasteiger partial charge in [-0.1, -0.05) is 30.3 Å². The number of hydrogen-bond acceptors (Lipinski definition) is 1. The van der Waals surface area contributed by atoms with Gasteiger partial charge in [-0.05, 0) is 49.1 Å². The van der Waals surface area contributed by atoms with Gasteiger partial charge in [0.1, 0.15) is 0 Å². The molecule has 0 bridgehead atoms. The summed E-state index contributed by atoms with van der Waals surface area (Å²) in [6, 6.07) is 10.5. The van der Waals surface area contributed by atoms with E-state index in [1.165, 1.54) is 35.4 Å². The zero-order valence-corrected chi connectivity index (χ0v) is 11.6. The average molecular weight is 265 g/mol. The van der Waals surface area contributed by atoms with Crippen LogP contribution >= 0.6 is 0 Å². The van der Waals surface area contributed by atoms with Crippen LogP contribution in [0.1, 0.15) is 58.1 Å². The van der Waals surface area contributed by atoms with Crippen molar-refractivity contribution in [1.82, 2.24) is 4.98 Å². The lowest BCUT2D eigenvalue weighted by Gasteiger charge is -2.22. The van der Waals surface area contributed by atoms with Gasteiger partial charge in [0.2, 0.25) is 0 Å². The molecule has 2 heteroatoms. The highest BCUT2D eigenvalue weighted by Gasteiger charge is 2.32. The molecule has 1 aromatic heterocycles. The number of aromatic nitrogens is 1. The summed E-state index contributed by atoms with van der Waals surface area (Å²) in [4.78, 5) is 16.1. The van der Waals surface area contributed by atoms with E-state index in [0.29, 0.717) is 18.1 Å². The van der Waals surface area contributed by atoms with Crippen LogP contribution < -0.4 is 0 Å². The first kappa shape index (κ1) is 12.0. The Kier molecular flexibility index (Phi) is 2.76. The Balaban J connectivity index is 1.73. The Morgan fingerprint density at radius 2 is 1.75 bits per heavy atom. The molecule has 0 saturated carbocycles. The SMILES string of the molecule is O=C1CC(c2ccccc2)Cc2[nH]c3c(c21)CCCC3. The van der Waals surface area contributed by atoms with Crippen LogP contribution in [0.2, 0.25) is 0 Å². The number of aryl methyl sites for hydroxylation is 1. The number of Topliss-reactive ketones (excluding diaryl/α,β-unsaturated/α-hetero) is 1. The molecule has 1 aromatic carbocycles. The number of carbonyl (C=O) groups is 1. The predicted molar refractivity (Wildman–Crippen MR) is 79.3 cm³/mol. The molecule has 20 heavy (non-hydrogen) atoms. The van der Waals surface area contributed by atoms with Crippen molar-refractivity contribution >= 4 is 5.78 Å². The van der Waals surface area contributed by atoms with E-state index in [-0.39, 0.29) is 0 Å². The maximum absolute atomic E-state index is 12.6. The summed E-state index contributed by atoms with van der Waals surface area (Å²) in [5.41, 5.74) is 6.21. The van der Waals surface area contributed by atoms with Gasteiger partial charge < -0.3 is 4.98 Å². The number of H-pyrrole nitrogens is 1. The maximum Gasteiger partial charge on any atom is 0.165 e. The van der Waals surface area contributed by atoms with Crippen molar-refractivity contribution in [2.75, 3.05) is 0 Å². The minimum Gasteiger partial charge on any atom is -0.361 e. The summed E-state index contributed by atoms with van der Waals surface area (Å²) in [5.74, 6) is 0.691. The smallest absolute Gasteiger partial charge is 0.165 e. The number of hydrogen-bond donors (Lipinski definition) is 1. The van der Waals surface area contributed by atoms with E-state index >= 15 is 0 Å². The Bertz CT molecular complexity index is 654. The standard InChI is InChI=1S/C18H19NO/c20-17-11-13(12-6-2-1-3-7-12)10-16-18(17)14-8-4-5-9-15(14)19-16/h1-3,6-7,13,19H,4-5,8-11H2. The molecule has 0 spiro atoms. The van der Waals surface area contributed by atoms with Crippen LogP contribution in [0.15, 0.2) is 30.3 Å². The van der Waals surface area contributed by atoms with Gasteiger partial charge in [-0.25, -0.2) is 0 Å². The molecule has 2 aromatic rings. The van der Waals surface area contributed by atoms with Crippen LogP contribution in [0, 0.1) is 0 Å². The summed E-state index contributed by atoms with van der Waals surface area (Å²) in [6.07, 6.45) is 6.34. The predicted octanol–water partition coefficient (Wildman–Crippen LogP) is 3.81. The summed E-state index contributed by atoms with van der Waals surface area (Å²) >= 11 is 0. The Hall–Kier alpha value is -1.83. The number of rotatable bonds is 1. The number of carbonyl (C=O) groups excluding carboxylic acids is 1. The highest BCUT2D eigenvalue weighted by Crippen LogP contribution is 2.37. The van der Waals surface area contributed by atoms with E-state index < -0.39 is 0 Å². The third kappa shape index (κ3) is 1.82. The van der Waals surface area contributed by atoms with E-state index in [1.807, 2.05) is 6.07 Å². The van der Waals surface area contributed by atoms with Crippen molar-refractivity contribution in [3.05, 3.63) is 58.4 Å². The fourth-order valence-corrected chi connectivity index (χ4v) is 3.84. The molecule has 0 radical (unpaired) electrons. The molecule has 2 aliphatic rings. The fraction of sp³-hybridized carbons (Fsp3) is 0.389. The summed E-state index contributed by atoms with van der Waals surface area (Å²) in [7, 11) is 0. The third-order valence-corrected chi connectivity index (χ3v) is 4.81. The van der Waals surface area contributed by atoms with E-state index in [9.17, 15) is 4.79 Å². The van der Waals surface area contributed by atoms with E-state index in [2.05, 4.69) is 29.2 Å². The summed E-state index contributed by atoms with van der Waals surface area (Å²) < 4.78 is 0. The first-order valence-corrected chi connectivity index (χ1v) is 7.63. The molecule has 2 aliphatic carbocycles. The monoisotopic (exact) mass is 265 g/mol. The van der Waals surface area contributed by atoms with Crippen molar-refractivity contribution in [1.29, 1.82) is 0 Å². The zero-order valence-electron chi connectivity index (χ0n) is 11.6. The molecule has 1 heterocycles. The van der Waals surface area contributed by atoms with Crippen LogP contribution in [0.3, 0.4) is 0 Å². The second-order valence-corrected chi connectivity index (χ2v) is 6.08. The number of aromatic amines is 1. The quantitative estimate of drug-likeness (QED) is 0.835. The first-order valence-electron chi connectivity index (χ1n) is 7.63. The van der Waals surface area contributed by atoms with Crippen molar-refractivity contribution in [2.24, 2.45) is 0 Å². The van der Waals surface area contributed by atoms with Gasteiger partial charge in [0, 0.05) is 23.4 Å². The highest BCUT2D eigenvalue weighted by molar-refractivity contribution is 6.00.